The summed E-state index contributed by atoms with van der Waals surface area (Å²) < 4.78 is 5.32. The van der Waals surface area contributed by atoms with Gasteiger partial charge in [0.1, 0.15) is 6.10 Å². The van der Waals surface area contributed by atoms with Gasteiger partial charge in [0.15, 0.2) is 0 Å². The average molecular weight is 172 g/mol. The first kappa shape index (κ1) is 8.98. The van der Waals surface area contributed by atoms with Crippen LogP contribution >= 0.6 is 11.8 Å². The predicted molar refractivity (Wildman–Crippen MR) is 50.8 cm³/mol. The third kappa shape index (κ3) is 2.78. The van der Waals surface area contributed by atoms with Crippen molar-refractivity contribution in [3.63, 3.8) is 0 Å². The molecule has 1 heterocycles. The van der Waals surface area contributed by atoms with Gasteiger partial charge >= 0.3 is 0 Å². The molecular weight excluding hydrogens is 156 g/mol. The van der Waals surface area contributed by atoms with E-state index in [2.05, 4.69) is 13.5 Å². The van der Waals surface area contributed by atoms with Gasteiger partial charge in [0.25, 0.3) is 0 Å². The van der Waals surface area contributed by atoms with Crippen LogP contribution in [0.2, 0.25) is 0 Å². The van der Waals surface area contributed by atoms with Crippen molar-refractivity contribution in [1.82, 2.24) is 0 Å². The molecule has 2 unspecified atom stereocenters. The van der Waals surface area contributed by atoms with Gasteiger partial charge in [-0.3, -0.25) is 0 Å². The van der Waals surface area contributed by atoms with Crippen molar-refractivity contribution in [2.24, 2.45) is 0 Å². The van der Waals surface area contributed by atoms with E-state index in [1.807, 2.05) is 11.8 Å². The molecule has 1 rings (SSSR count). The van der Waals surface area contributed by atoms with Gasteiger partial charge in [-0.25, -0.2) is 0 Å². The zero-order chi connectivity index (χ0) is 8.10. The Morgan fingerprint density at radius 1 is 1.64 bits per heavy atom. The Bertz CT molecular complexity index is 119. The van der Waals surface area contributed by atoms with Gasteiger partial charge in [0.2, 0.25) is 0 Å². The summed E-state index contributed by atoms with van der Waals surface area (Å²) in [5.41, 5.74) is 0. The molecule has 1 saturated heterocycles. The van der Waals surface area contributed by atoms with Crippen LogP contribution < -0.4 is 0 Å². The lowest BCUT2D eigenvalue weighted by Gasteiger charge is -2.26. The molecule has 2 atom stereocenters. The first-order valence-corrected chi connectivity index (χ1v) is 5.27. The van der Waals surface area contributed by atoms with E-state index in [-0.39, 0.29) is 0 Å². The van der Waals surface area contributed by atoms with E-state index in [9.17, 15) is 0 Å². The van der Waals surface area contributed by atoms with Gasteiger partial charge in [-0.1, -0.05) is 13.0 Å². The van der Waals surface area contributed by atoms with Crippen LogP contribution in [0.1, 0.15) is 26.2 Å². The average Bonchev–Trinajstić information content (AvgIpc) is 2.07. The zero-order valence-corrected chi connectivity index (χ0v) is 7.90. The predicted octanol–water partition coefficient (Wildman–Crippen LogP) is 2.82. The SMILES string of the molecule is C=COC(C)C1CCCCS1. The summed E-state index contributed by atoms with van der Waals surface area (Å²) in [7, 11) is 0. The van der Waals surface area contributed by atoms with Gasteiger partial charge in [-0.2, -0.15) is 11.8 Å². The fraction of sp³-hybridized carbons (Fsp3) is 0.778. The Morgan fingerprint density at radius 3 is 3.00 bits per heavy atom. The van der Waals surface area contributed by atoms with Crippen molar-refractivity contribution in [3.8, 4) is 0 Å². The summed E-state index contributed by atoms with van der Waals surface area (Å²) >= 11 is 2.04. The van der Waals surface area contributed by atoms with Crippen molar-refractivity contribution < 1.29 is 4.74 Å². The van der Waals surface area contributed by atoms with E-state index in [0.29, 0.717) is 11.4 Å². The largest absolute Gasteiger partial charge is 0.498 e. The van der Waals surface area contributed by atoms with E-state index in [1.54, 1.807) is 6.26 Å². The van der Waals surface area contributed by atoms with E-state index in [4.69, 9.17) is 4.74 Å². The van der Waals surface area contributed by atoms with Gasteiger partial charge in [-0.15, -0.1) is 0 Å². The minimum Gasteiger partial charge on any atom is -0.498 e. The van der Waals surface area contributed by atoms with Crippen molar-refractivity contribution in [2.45, 2.75) is 37.5 Å². The Kier molecular flexibility index (Phi) is 3.84. The molecule has 64 valence electrons. The number of ether oxygens (including phenoxy) is 1. The maximum Gasteiger partial charge on any atom is 0.107 e. The molecular formula is C9H16OS. The topological polar surface area (TPSA) is 9.23 Å². The van der Waals surface area contributed by atoms with Crippen molar-refractivity contribution in [3.05, 3.63) is 12.8 Å². The van der Waals surface area contributed by atoms with E-state index < -0.39 is 0 Å². The molecule has 1 fully saturated rings. The molecule has 0 saturated carbocycles. The van der Waals surface area contributed by atoms with E-state index in [1.165, 1.54) is 25.0 Å². The highest BCUT2D eigenvalue weighted by Gasteiger charge is 2.20. The van der Waals surface area contributed by atoms with Crippen LogP contribution in [0.5, 0.6) is 0 Å². The summed E-state index contributed by atoms with van der Waals surface area (Å²) in [6, 6.07) is 0. The van der Waals surface area contributed by atoms with Crippen molar-refractivity contribution in [1.29, 1.82) is 0 Å². The van der Waals surface area contributed by atoms with Crippen LogP contribution in [0.25, 0.3) is 0 Å². The summed E-state index contributed by atoms with van der Waals surface area (Å²) in [4.78, 5) is 0. The van der Waals surface area contributed by atoms with Gasteiger partial charge in [0.05, 0.1) is 6.26 Å². The maximum atomic E-state index is 5.32. The minimum absolute atomic E-state index is 0.345. The van der Waals surface area contributed by atoms with Crippen LogP contribution in [0.15, 0.2) is 12.8 Å². The summed E-state index contributed by atoms with van der Waals surface area (Å²) in [6.07, 6.45) is 5.95. The lowest BCUT2D eigenvalue weighted by atomic mass is 10.1. The molecule has 0 aromatic rings. The summed E-state index contributed by atoms with van der Waals surface area (Å²) in [6.45, 7) is 5.69. The van der Waals surface area contributed by atoms with Crippen LogP contribution in [-0.4, -0.2) is 17.1 Å². The Hall–Kier alpha value is -0.110. The number of thioether (sulfide) groups is 1. The molecule has 0 aromatic heterocycles. The smallest absolute Gasteiger partial charge is 0.107 e. The highest BCUT2D eigenvalue weighted by atomic mass is 32.2. The molecule has 0 aromatic carbocycles. The molecule has 0 bridgehead atoms. The number of hydrogen-bond acceptors (Lipinski definition) is 2. The third-order valence-corrected chi connectivity index (χ3v) is 3.62. The second-order valence-electron chi connectivity index (χ2n) is 2.91. The molecule has 1 aliphatic rings. The zero-order valence-electron chi connectivity index (χ0n) is 7.08. The Balaban J connectivity index is 2.26. The fourth-order valence-electron chi connectivity index (χ4n) is 1.38. The van der Waals surface area contributed by atoms with Crippen LogP contribution in [0, 0.1) is 0 Å². The first-order chi connectivity index (χ1) is 5.34. The standard InChI is InChI=1S/C9H16OS/c1-3-10-8(2)9-6-4-5-7-11-9/h3,8-9H,1,4-7H2,2H3. The normalized spacial score (nSPS) is 27.5. The lowest BCUT2D eigenvalue weighted by Crippen LogP contribution is -2.24. The minimum atomic E-state index is 0.345. The first-order valence-electron chi connectivity index (χ1n) is 4.22. The molecule has 0 N–H and O–H groups in total. The molecule has 0 spiro atoms. The Labute approximate surface area is 73.2 Å². The lowest BCUT2D eigenvalue weighted by molar-refractivity contribution is 0.155. The van der Waals surface area contributed by atoms with Crippen molar-refractivity contribution in [2.75, 3.05) is 5.75 Å². The van der Waals surface area contributed by atoms with Gasteiger partial charge in [0, 0.05) is 5.25 Å². The van der Waals surface area contributed by atoms with Crippen LogP contribution in [0.3, 0.4) is 0 Å². The van der Waals surface area contributed by atoms with E-state index in [0.717, 1.165) is 0 Å². The molecule has 1 aliphatic heterocycles. The highest BCUT2D eigenvalue weighted by Crippen LogP contribution is 2.28. The Morgan fingerprint density at radius 2 is 2.45 bits per heavy atom. The van der Waals surface area contributed by atoms with Crippen LogP contribution in [-0.2, 0) is 4.74 Å². The molecule has 0 radical (unpaired) electrons. The molecule has 2 heteroatoms. The summed E-state index contributed by atoms with van der Waals surface area (Å²) in [5, 5.41) is 0.696. The monoisotopic (exact) mass is 172 g/mol. The highest BCUT2D eigenvalue weighted by molar-refractivity contribution is 8.00. The molecule has 1 nitrogen and oxygen atoms in total. The molecule has 0 amide bonds. The second kappa shape index (κ2) is 4.70. The van der Waals surface area contributed by atoms with Crippen molar-refractivity contribution >= 4 is 11.8 Å². The van der Waals surface area contributed by atoms with Crippen LogP contribution in [0.4, 0.5) is 0 Å². The number of hydrogen-bond donors (Lipinski definition) is 0. The number of rotatable bonds is 3. The van der Waals surface area contributed by atoms with Gasteiger partial charge < -0.3 is 4.74 Å². The quantitative estimate of drug-likeness (QED) is 0.605. The molecule has 0 aliphatic carbocycles. The van der Waals surface area contributed by atoms with E-state index >= 15 is 0 Å². The second-order valence-corrected chi connectivity index (χ2v) is 4.26. The molecule has 11 heavy (non-hydrogen) atoms. The fourth-order valence-corrected chi connectivity index (χ4v) is 2.72. The van der Waals surface area contributed by atoms with Gasteiger partial charge in [-0.05, 0) is 25.5 Å². The summed E-state index contributed by atoms with van der Waals surface area (Å²) in [5.74, 6) is 1.30. The maximum absolute atomic E-state index is 5.32. The third-order valence-electron chi connectivity index (χ3n) is 2.05.